The maximum atomic E-state index is 8.63. The Morgan fingerprint density at radius 1 is 0.268 bits per heavy atom. The molecule has 1 aliphatic rings. The van der Waals surface area contributed by atoms with Gasteiger partial charge in [0.25, 0.3) is 0 Å². The van der Waals surface area contributed by atoms with Gasteiger partial charge in [-0.25, -0.2) is 15.0 Å². The number of hydrogen-bond acceptors (Lipinski definition) is 10. The van der Waals surface area contributed by atoms with Crippen LogP contribution in [0.5, 0.6) is 17.2 Å². The number of aromatic nitrogens is 8. The van der Waals surface area contributed by atoms with Gasteiger partial charge in [-0.05, 0) is 191 Å². The van der Waals surface area contributed by atoms with Crippen molar-refractivity contribution in [3.8, 4) is 129 Å². The van der Waals surface area contributed by atoms with E-state index in [9.17, 15) is 0 Å². The molecular formula is C126H87N10O2Pt3S-. The Balaban J connectivity index is 0.000000128. The zero-order chi connectivity index (χ0) is 93.7. The zero-order valence-corrected chi connectivity index (χ0v) is 84.0. The standard InChI is InChI=1S/C34H22N3O.2C34H22N3.C12H10N.C6H6O.C6H6S.3Pt/c1-2-8-24(9-3-1)25-13-15-26(16-14-25)27-19-21-35-29(22-27)28-17-18-33-31(23-28)37(34-12-6-7-20-36-34)30-10-4-5-11-32(30)38-33;1-2-8-24(9-3-1)25-15-17-26(18-16-25)27-19-21-35-32(23-27)28-10-6-11-29(22-28)37-33-14-5-4-12-30(33)31-13-7-20-36-34(31)37;1-2-8-24(9-3-1)25-13-15-26(16-14-25)27-19-21-35-31(22-27)28-17-18-30-29-10-4-5-11-32(29)37(33(30)23-28)34-12-6-7-20-36-34;1-3-7-11(8-4-1)13-12-9-5-2-6-10-12;2*7-6-4-2-1-3-5-6;;;/h1-22H;1-21,23H;1-22H;1-10H;2*1-5,7H;;;/q4*-1;;;;2*+2/p-1. The molecule has 0 fully saturated rings. The fourth-order valence-electron chi connectivity index (χ4n) is 16.8. The number of pyridine rings is 6. The van der Waals surface area contributed by atoms with Crippen molar-refractivity contribution in [3.63, 3.8) is 0 Å². The summed E-state index contributed by atoms with van der Waals surface area (Å²) < 4.78 is 10.6. The fourth-order valence-corrected chi connectivity index (χ4v) is 17.0. The minimum absolute atomic E-state index is 0. The first kappa shape index (κ1) is 97.2. The quantitative estimate of drug-likeness (QED) is 0.0828. The smallest absolute Gasteiger partial charge is 0.780 e. The molecular weight excluding hydrogens is 2300 g/mol. The van der Waals surface area contributed by atoms with Crippen molar-refractivity contribution in [3.05, 3.63) is 546 Å². The van der Waals surface area contributed by atoms with Crippen molar-refractivity contribution >= 4 is 84.9 Å². The monoisotopic (exact) mass is 2390 g/mol. The number of aromatic hydroxyl groups is 1. The van der Waals surface area contributed by atoms with E-state index in [1.54, 1.807) is 30.5 Å². The predicted octanol–water partition coefficient (Wildman–Crippen LogP) is 32.6. The van der Waals surface area contributed by atoms with E-state index in [0.29, 0.717) is 5.75 Å². The Bertz CT molecular complexity index is 8110. The van der Waals surface area contributed by atoms with Gasteiger partial charge in [-0.1, -0.05) is 357 Å². The van der Waals surface area contributed by atoms with Crippen LogP contribution in [0, 0.1) is 18.2 Å². The number of phenolic OH excluding ortho intramolecular Hbond substituents is 1. The summed E-state index contributed by atoms with van der Waals surface area (Å²) in [6.07, 6.45) is 11.1. The topological polar surface area (TPSA) is 134 Å². The molecule has 0 unspecified atom stereocenters. The van der Waals surface area contributed by atoms with E-state index in [1.165, 1.54) is 44.2 Å². The average molecular weight is 2390 g/mol. The molecule has 25 rings (SSSR count). The third-order valence-corrected chi connectivity index (χ3v) is 23.9. The second kappa shape index (κ2) is 47.2. The number of benzene rings is 16. The normalized spacial score (nSPS) is 10.7. The Hall–Kier alpha value is -16.5. The van der Waals surface area contributed by atoms with E-state index in [0.717, 1.165) is 157 Å². The first-order valence-corrected chi connectivity index (χ1v) is 46.1. The molecule has 0 radical (unpaired) electrons. The minimum Gasteiger partial charge on any atom is -0.780 e. The van der Waals surface area contributed by atoms with Crippen molar-refractivity contribution in [2.75, 3.05) is 4.90 Å². The van der Waals surface area contributed by atoms with E-state index in [2.05, 4.69) is 313 Å². The molecule has 0 bridgehead atoms. The molecule has 0 saturated carbocycles. The average Bonchev–Trinajstić information content (AvgIpc) is 0.940. The number of fused-ring (bicyclic) bond motifs is 8. The number of para-hydroxylation sites is 7. The first-order chi connectivity index (χ1) is 68.8. The number of rotatable bonds is 14. The van der Waals surface area contributed by atoms with Crippen molar-refractivity contribution in [1.82, 2.24) is 39.0 Å². The summed E-state index contributed by atoms with van der Waals surface area (Å²) in [5.41, 5.74) is 28.3. The number of nitrogens with zero attached hydrogens (tertiary/aromatic N) is 10. The molecule has 1 aliphatic heterocycles. The van der Waals surface area contributed by atoms with Crippen LogP contribution >= 0.6 is 0 Å². The third kappa shape index (κ3) is 23.1. The zero-order valence-electron chi connectivity index (χ0n) is 76.3. The minimum atomic E-state index is 0. The van der Waals surface area contributed by atoms with Gasteiger partial charge in [0, 0.05) is 80.2 Å². The molecule has 0 atom stereocenters. The van der Waals surface area contributed by atoms with Gasteiger partial charge in [-0.15, -0.1) is 88.7 Å². The summed E-state index contributed by atoms with van der Waals surface area (Å²) in [5.74, 6) is 3.51. The molecule has 16 aromatic carbocycles. The van der Waals surface area contributed by atoms with Gasteiger partial charge in [0.1, 0.15) is 28.8 Å². The van der Waals surface area contributed by atoms with Crippen LogP contribution < -0.4 is 9.64 Å². The summed E-state index contributed by atoms with van der Waals surface area (Å²) in [6.45, 7) is 0. The van der Waals surface area contributed by atoms with E-state index < -0.39 is 0 Å². The summed E-state index contributed by atoms with van der Waals surface area (Å²) in [6, 6.07) is 174. The van der Waals surface area contributed by atoms with E-state index in [1.807, 2.05) is 231 Å². The van der Waals surface area contributed by atoms with Crippen LogP contribution in [0.2, 0.25) is 0 Å². The molecule has 690 valence electrons. The van der Waals surface area contributed by atoms with Gasteiger partial charge in [-0.3, -0.25) is 0 Å². The van der Waals surface area contributed by atoms with E-state index in [4.69, 9.17) is 37.4 Å². The molecule has 0 saturated heterocycles. The van der Waals surface area contributed by atoms with Gasteiger partial charge in [0.15, 0.2) is 0 Å². The van der Waals surface area contributed by atoms with Gasteiger partial charge in [-0.2, -0.15) is 4.90 Å². The van der Waals surface area contributed by atoms with E-state index >= 15 is 0 Å². The fraction of sp³-hybridized carbons (Fsp3) is 0. The van der Waals surface area contributed by atoms with E-state index in [-0.39, 0.29) is 63.2 Å². The van der Waals surface area contributed by atoms with Crippen LogP contribution in [-0.2, 0) is 75.8 Å². The molecule has 1 N–H and O–H groups in total. The number of phenols is 1. The summed E-state index contributed by atoms with van der Waals surface area (Å²) in [5, 5.41) is 17.7. The van der Waals surface area contributed by atoms with Gasteiger partial charge >= 0.3 is 42.1 Å². The maximum Gasteiger partial charge on any atom is 2.00 e. The predicted molar refractivity (Wildman–Crippen MR) is 571 cm³/mol. The number of anilines is 3. The van der Waals surface area contributed by atoms with Crippen molar-refractivity contribution in [2.45, 2.75) is 4.90 Å². The van der Waals surface area contributed by atoms with Gasteiger partial charge in [0.05, 0.1) is 17.0 Å². The Morgan fingerprint density at radius 2 is 0.655 bits per heavy atom. The molecule has 8 aromatic heterocycles. The van der Waals surface area contributed by atoms with Crippen LogP contribution in [0.25, 0.3) is 161 Å². The second-order valence-corrected chi connectivity index (χ2v) is 33.1. The first-order valence-electron chi connectivity index (χ1n) is 45.7. The van der Waals surface area contributed by atoms with Crippen molar-refractivity contribution in [1.29, 1.82) is 0 Å². The summed E-state index contributed by atoms with van der Waals surface area (Å²) >= 11 is 4.81. The Labute approximate surface area is 874 Å². The molecule has 142 heavy (non-hydrogen) atoms. The molecule has 0 aliphatic carbocycles. The summed E-state index contributed by atoms with van der Waals surface area (Å²) in [7, 11) is 0. The Morgan fingerprint density at radius 3 is 1.13 bits per heavy atom. The molecule has 12 nitrogen and oxygen atoms in total. The Kier molecular flexibility index (Phi) is 32.3. The van der Waals surface area contributed by atoms with Gasteiger partial charge in [0.2, 0.25) is 0 Å². The largest absolute Gasteiger partial charge is 2.00 e. The third-order valence-electron chi connectivity index (χ3n) is 23.6. The molecule has 16 heteroatoms. The van der Waals surface area contributed by atoms with Crippen LogP contribution in [0.3, 0.4) is 0 Å². The van der Waals surface area contributed by atoms with Crippen LogP contribution in [0.15, 0.2) is 527 Å². The van der Waals surface area contributed by atoms with Crippen LogP contribution in [0.4, 0.5) is 28.6 Å². The van der Waals surface area contributed by atoms with Crippen molar-refractivity contribution in [2.24, 2.45) is 0 Å². The van der Waals surface area contributed by atoms with Crippen molar-refractivity contribution < 1.29 is 73.0 Å². The van der Waals surface area contributed by atoms with Crippen LogP contribution in [0.1, 0.15) is 0 Å². The molecule has 0 spiro atoms. The molecule has 9 heterocycles. The molecule has 0 amide bonds. The summed E-state index contributed by atoms with van der Waals surface area (Å²) in [4.78, 5) is 31.0. The maximum absolute atomic E-state index is 8.63. The molecule has 24 aromatic rings. The van der Waals surface area contributed by atoms with Crippen LogP contribution in [-0.4, -0.2) is 44.1 Å². The van der Waals surface area contributed by atoms with Gasteiger partial charge < -0.3 is 56.8 Å². The SMILES string of the molecule is Oc1ccccc1.[Pt+2].[Pt+2].[Pt].[S-]c1ccccc1.[c-]1c(-c2cc(-c3ccc(-c4ccccc4)cc3)ccn2)ccc2c1N(c1ccccn1)c1ccccc1O2.[c-]1c(-c2cc(-c3ccc(-c4ccccc4)cc3)ccn2)ccc2c3ccccc3n(-c3ccccn3)c12.[c-]1c(-c2cc(-c3ccc(-c4ccccc4)cc3)ccn2)cccc1-n1c2ccccc2c2cccnc21.c1ccc([N-]c2ccccc2)cc1. The second-order valence-electron chi connectivity index (χ2n) is 32.6. The number of ether oxygens (including phenoxy) is 1. The number of hydrogen-bond donors (Lipinski definition) is 1.